The number of hydrogen-bond acceptors (Lipinski definition) is 4. The van der Waals surface area contributed by atoms with Gasteiger partial charge in [0.25, 0.3) is 5.91 Å². The summed E-state index contributed by atoms with van der Waals surface area (Å²) in [6.45, 7) is 1.34. The number of primary amides is 1. The number of hydrogen-bond donors (Lipinski definition) is 1. The van der Waals surface area contributed by atoms with Crippen molar-refractivity contribution >= 4 is 11.6 Å². The van der Waals surface area contributed by atoms with E-state index in [-0.39, 0.29) is 5.75 Å². The number of nitro groups is 1. The maximum Gasteiger partial charge on any atom is 0.313 e. The fraction of sp³-hybridized carbons (Fsp3) is 0.222. The van der Waals surface area contributed by atoms with Crippen LogP contribution in [-0.4, -0.2) is 16.9 Å². The largest absolute Gasteiger partial charge is 0.474 e. The number of carbonyl (C=O) groups excluding carboxylic acids is 1. The van der Waals surface area contributed by atoms with Crippen molar-refractivity contribution in [1.82, 2.24) is 0 Å². The summed E-state index contributed by atoms with van der Waals surface area (Å²) in [7, 11) is 0. The second-order valence-electron chi connectivity index (χ2n) is 3.03. The van der Waals surface area contributed by atoms with Gasteiger partial charge in [-0.2, -0.15) is 0 Å². The smallest absolute Gasteiger partial charge is 0.313 e. The molecule has 7 heteroatoms. The Morgan fingerprint density at radius 3 is 2.75 bits per heavy atom. The molecular formula is C9H9FN2O4. The van der Waals surface area contributed by atoms with Crippen LogP contribution < -0.4 is 10.5 Å². The van der Waals surface area contributed by atoms with Gasteiger partial charge in [-0.15, -0.1) is 0 Å². The molecule has 1 atom stereocenters. The topological polar surface area (TPSA) is 95.5 Å². The van der Waals surface area contributed by atoms with E-state index in [1.54, 1.807) is 0 Å². The highest BCUT2D eigenvalue weighted by molar-refractivity contribution is 5.78. The summed E-state index contributed by atoms with van der Waals surface area (Å²) < 4.78 is 17.7. The summed E-state index contributed by atoms with van der Waals surface area (Å²) in [6.07, 6.45) is -1.02. The minimum absolute atomic E-state index is 0.197. The second-order valence-corrected chi connectivity index (χ2v) is 3.03. The average molecular weight is 228 g/mol. The molecule has 0 aliphatic heterocycles. The van der Waals surface area contributed by atoms with Gasteiger partial charge in [0.2, 0.25) is 0 Å². The van der Waals surface area contributed by atoms with E-state index in [1.165, 1.54) is 6.92 Å². The molecule has 16 heavy (non-hydrogen) atoms. The van der Waals surface area contributed by atoms with Crippen LogP contribution in [0.25, 0.3) is 0 Å². The third kappa shape index (κ3) is 2.66. The van der Waals surface area contributed by atoms with Gasteiger partial charge in [-0.1, -0.05) is 0 Å². The van der Waals surface area contributed by atoms with Gasteiger partial charge in [-0.25, -0.2) is 4.39 Å². The van der Waals surface area contributed by atoms with E-state index in [0.29, 0.717) is 6.07 Å². The first kappa shape index (κ1) is 11.9. The third-order valence-electron chi connectivity index (χ3n) is 1.82. The Morgan fingerprint density at radius 2 is 2.25 bits per heavy atom. The van der Waals surface area contributed by atoms with Crippen LogP contribution >= 0.6 is 0 Å². The van der Waals surface area contributed by atoms with Crippen molar-refractivity contribution in [3.8, 4) is 5.75 Å². The Kier molecular flexibility index (Phi) is 3.39. The first-order valence-corrected chi connectivity index (χ1v) is 4.31. The molecule has 6 nitrogen and oxygen atoms in total. The summed E-state index contributed by atoms with van der Waals surface area (Å²) in [4.78, 5) is 20.5. The lowest BCUT2D eigenvalue weighted by Crippen LogP contribution is -2.30. The van der Waals surface area contributed by atoms with E-state index in [4.69, 9.17) is 10.5 Å². The molecule has 0 bridgehead atoms. The fourth-order valence-corrected chi connectivity index (χ4v) is 0.981. The molecule has 86 valence electrons. The zero-order valence-corrected chi connectivity index (χ0v) is 8.34. The molecule has 2 N–H and O–H groups in total. The summed E-state index contributed by atoms with van der Waals surface area (Å²) in [5.41, 5.74) is 4.38. The molecule has 1 rings (SSSR count). The van der Waals surface area contributed by atoms with E-state index in [1.807, 2.05) is 0 Å². The molecule has 1 unspecified atom stereocenters. The highest BCUT2D eigenvalue weighted by Gasteiger charge is 2.20. The molecule has 1 amide bonds. The third-order valence-corrected chi connectivity index (χ3v) is 1.82. The highest BCUT2D eigenvalue weighted by Crippen LogP contribution is 2.28. The van der Waals surface area contributed by atoms with Gasteiger partial charge in [0, 0.05) is 0 Å². The Morgan fingerprint density at radius 1 is 1.62 bits per heavy atom. The van der Waals surface area contributed by atoms with Gasteiger partial charge in [0.1, 0.15) is 5.82 Å². The van der Waals surface area contributed by atoms with E-state index in [2.05, 4.69) is 0 Å². The van der Waals surface area contributed by atoms with Gasteiger partial charge < -0.3 is 10.5 Å². The first-order valence-electron chi connectivity index (χ1n) is 4.31. The standard InChI is InChI=1S/C9H9FN2O4/c1-5(9(11)13)16-8-3-2-6(10)4-7(8)12(14)15/h2-5H,1H3,(H2,11,13). The molecule has 0 aliphatic rings. The molecule has 0 fully saturated rings. The number of amides is 1. The molecule has 1 aromatic rings. The lowest BCUT2D eigenvalue weighted by Gasteiger charge is -2.10. The van der Waals surface area contributed by atoms with Crippen LogP contribution in [-0.2, 0) is 4.79 Å². The lowest BCUT2D eigenvalue weighted by molar-refractivity contribution is -0.386. The van der Waals surface area contributed by atoms with Crippen molar-refractivity contribution < 1.29 is 18.8 Å². The minimum atomic E-state index is -1.02. The summed E-state index contributed by atoms with van der Waals surface area (Å²) in [5.74, 6) is -1.72. The van der Waals surface area contributed by atoms with Crippen molar-refractivity contribution in [3.63, 3.8) is 0 Å². The fourth-order valence-electron chi connectivity index (χ4n) is 0.981. The lowest BCUT2D eigenvalue weighted by atomic mass is 10.3. The first-order chi connectivity index (χ1) is 7.41. The highest BCUT2D eigenvalue weighted by atomic mass is 19.1. The molecule has 0 radical (unpaired) electrons. The van der Waals surface area contributed by atoms with Gasteiger partial charge in [0.15, 0.2) is 11.9 Å². The quantitative estimate of drug-likeness (QED) is 0.613. The Bertz CT molecular complexity index is 436. The zero-order chi connectivity index (χ0) is 12.3. The Hall–Kier alpha value is -2.18. The van der Waals surface area contributed by atoms with E-state index < -0.39 is 28.4 Å². The summed E-state index contributed by atoms with van der Waals surface area (Å²) >= 11 is 0. The van der Waals surface area contributed by atoms with Gasteiger partial charge in [-0.05, 0) is 19.1 Å². The predicted molar refractivity (Wildman–Crippen MR) is 52.3 cm³/mol. The van der Waals surface area contributed by atoms with Crippen LogP contribution in [0.4, 0.5) is 10.1 Å². The van der Waals surface area contributed by atoms with E-state index in [9.17, 15) is 19.3 Å². The number of ether oxygens (including phenoxy) is 1. The molecule has 0 heterocycles. The number of halogens is 1. The maximum atomic E-state index is 12.8. The van der Waals surface area contributed by atoms with E-state index in [0.717, 1.165) is 12.1 Å². The Labute approximate surface area is 90.0 Å². The number of nitro benzene ring substituents is 1. The van der Waals surface area contributed by atoms with Crippen LogP contribution in [0.2, 0.25) is 0 Å². The SMILES string of the molecule is CC(Oc1ccc(F)cc1[N+](=O)[O-])C(N)=O. The normalized spacial score (nSPS) is 11.9. The van der Waals surface area contributed by atoms with E-state index >= 15 is 0 Å². The summed E-state index contributed by atoms with van der Waals surface area (Å²) in [6, 6.07) is 2.78. The van der Waals surface area contributed by atoms with Crippen LogP contribution in [0, 0.1) is 15.9 Å². The molecule has 0 aromatic heterocycles. The molecule has 0 spiro atoms. The van der Waals surface area contributed by atoms with Crippen molar-refractivity contribution in [2.24, 2.45) is 5.73 Å². The van der Waals surface area contributed by atoms with Crippen LogP contribution in [0.15, 0.2) is 18.2 Å². The van der Waals surface area contributed by atoms with Crippen LogP contribution in [0.5, 0.6) is 5.75 Å². The van der Waals surface area contributed by atoms with Gasteiger partial charge in [0.05, 0.1) is 11.0 Å². The number of carbonyl (C=O) groups is 1. The number of rotatable bonds is 4. The van der Waals surface area contributed by atoms with Crippen molar-refractivity contribution in [1.29, 1.82) is 0 Å². The van der Waals surface area contributed by atoms with Gasteiger partial charge >= 0.3 is 5.69 Å². The van der Waals surface area contributed by atoms with Crippen molar-refractivity contribution in [3.05, 3.63) is 34.1 Å². The molecular weight excluding hydrogens is 219 g/mol. The number of benzene rings is 1. The monoisotopic (exact) mass is 228 g/mol. The predicted octanol–water partition coefficient (Wildman–Crippen LogP) is 0.987. The van der Waals surface area contributed by atoms with Crippen LogP contribution in [0.1, 0.15) is 6.92 Å². The number of nitrogens with two attached hydrogens (primary N) is 1. The van der Waals surface area contributed by atoms with Crippen LogP contribution in [0.3, 0.4) is 0 Å². The molecule has 1 aromatic carbocycles. The Balaban J connectivity index is 3.04. The molecule has 0 saturated heterocycles. The average Bonchev–Trinajstić information content (AvgIpc) is 2.20. The zero-order valence-electron chi connectivity index (χ0n) is 8.34. The minimum Gasteiger partial charge on any atom is -0.474 e. The van der Waals surface area contributed by atoms with Crippen molar-refractivity contribution in [2.45, 2.75) is 13.0 Å². The maximum absolute atomic E-state index is 12.8. The van der Waals surface area contributed by atoms with Gasteiger partial charge in [-0.3, -0.25) is 14.9 Å². The molecule has 0 saturated carbocycles. The summed E-state index contributed by atoms with van der Waals surface area (Å²) in [5, 5.41) is 10.6. The number of nitrogens with zero attached hydrogens (tertiary/aromatic N) is 1. The molecule has 0 aliphatic carbocycles. The second kappa shape index (κ2) is 4.56. The van der Waals surface area contributed by atoms with Crippen molar-refractivity contribution in [2.75, 3.05) is 0 Å².